The monoisotopic (exact) mass is 382 g/mol. The van der Waals surface area contributed by atoms with E-state index >= 15 is 0 Å². The quantitative estimate of drug-likeness (QED) is 0.778. The summed E-state index contributed by atoms with van der Waals surface area (Å²) in [5, 5.41) is 0.378. The third-order valence-corrected chi connectivity index (χ3v) is 3.73. The Balaban J connectivity index is 1.87. The maximum atomic E-state index is 12.0. The van der Waals surface area contributed by atoms with Crippen molar-refractivity contribution < 1.29 is 19.1 Å². The molecule has 6 nitrogen and oxygen atoms in total. The molecule has 0 spiro atoms. The zero-order chi connectivity index (χ0) is 18.4. The molecule has 0 bridgehead atoms. The van der Waals surface area contributed by atoms with Gasteiger partial charge in [0, 0.05) is 5.56 Å². The van der Waals surface area contributed by atoms with Crippen molar-refractivity contribution in [3.63, 3.8) is 0 Å². The van der Waals surface area contributed by atoms with E-state index < -0.39 is 11.8 Å². The Bertz CT molecular complexity index is 756. The smallest absolute Gasteiger partial charge is 0.276 e. The minimum absolute atomic E-state index is 0.176. The normalized spacial score (nSPS) is 10.1. The highest BCUT2D eigenvalue weighted by molar-refractivity contribution is 6.37. The first-order valence-corrected chi connectivity index (χ1v) is 7.98. The molecule has 0 radical (unpaired) electrons. The van der Waals surface area contributed by atoms with Crippen molar-refractivity contribution in [3.8, 4) is 11.5 Å². The van der Waals surface area contributed by atoms with Gasteiger partial charge in [-0.3, -0.25) is 20.4 Å². The number of amides is 2. The molecule has 0 saturated carbocycles. The van der Waals surface area contributed by atoms with Gasteiger partial charge in [0.05, 0.1) is 17.2 Å². The van der Waals surface area contributed by atoms with Gasteiger partial charge in [-0.1, -0.05) is 40.9 Å². The first-order valence-electron chi connectivity index (χ1n) is 7.22. The highest BCUT2D eigenvalue weighted by Crippen LogP contribution is 2.33. The molecular formula is C17H16Cl2N2O4. The zero-order valence-corrected chi connectivity index (χ0v) is 15.1. The van der Waals surface area contributed by atoms with Gasteiger partial charge in [0.15, 0.2) is 12.4 Å². The number of hydrogen-bond acceptors (Lipinski definition) is 4. The number of halogens is 2. The van der Waals surface area contributed by atoms with Crippen LogP contribution in [0.5, 0.6) is 11.5 Å². The Labute approximate surface area is 155 Å². The van der Waals surface area contributed by atoms with Crippen LogP contribution in [-0.2, 0) is 4.79 Å². The van der Waals surface area contributed by atoms with Crippen molar-refractivity contribution in [1.29, 1.82) is 0 Å². The summed E-state index contributed by atoms with van der Waals surface area (Å²) in [6, 6.07) is 10.0. The van der Waals surface area contributed by atoms with Crippen LogP contribution in [0.2, 0.25) is 10.0 Å². The van der Waals surface area contributed by atoms with Crippen LogP contribution in [0.25, 0.3) is 0 Å². The molecule has 0 heterocycles. The topological polar surface area (TPSA) is 76.7 Å². The predicted molar refractivity (Wildman–Crippen MR) is 95.3 cm³/mol. The van der Waals surface area contributed by atoms with Crippen LogP contribution in [0.4, 0.5) is 0 Å². The number of aryl methyl sites for hydroxylation is 1. The average molecular weight is 383 g/mol. The molecule has 0 aliphatic rings. The van der Waals surface area contributed by atoms with Crippen LogP contribution >= 0.6 is 23.2 Å². The SMILES string of the molecule is COc1c(Cl)cc(C(=O)NNC(=O)COc2ccc(C)cc2)cc1Cl. The van der Waals surface area contributed by atoms with Gasteiger partial charge in [-0.15, -0.1) is 0 Å². The van der Waals surface area contributed by atoms with Crippen molar-refractivity contribution in [2.75, 3.05) is 13.7 Å². The van der Waals surface area contributed by atoms with Gasteiger partial charge in [0.2, 0.25) is 0 Å². The Morgan fingerprint density at radius 1 is 1.04 bits per heavy atom. The molecule has 2 amide bonds. The number of rotatable bonds is 5. The van der Waals surface area contributed by atoms with Crippen molar-refractivity contribution >= 4 is 35.0 Å². The van der Waals surface area contributed by atoms with E-state index in [1.54, 1.807) is 12.1 Å². The summed E-state index contributed by atoms with van der Waals surface area (Å²) in [7, 11) is 1.42. The van der Waals surface area contributed by atoms with E-state index in [1.807, 2.05) is 19.1 Å². The van der Waals surface area contributed by atoms with E-state index in [0.717, 1.165) is 5.56 Å². The third-order valence-electron chi connectivity index (χ3n) is 3.17. The maximum absolute atomic E-state index is 12.0. The van der Waals surface area contributed by atoms with Crippen molar-refractivity contribution in [2.24, 2.45) is 0 Å². The molecule has 2 aromatic carbocycles. The summed E-state index contributed by atoms with van der Waals surface area (Å²) in [5.41, 5.74) is 5.77. The number of hydrazine groups is 1. The lowest BCUT2D eigenvalue weighted by atomic mass is 10.2. The van der Waals surface area contributed by atoms with Gasteiger partial charge in [-0.2, -0.15) is 0 Å². The Hall–Kier alpha value is -2.44. The van der Waals surface area contributed by atoms with E-state index in [0.29, 0.717) is 5.75 Å². The molecule has 2 rings (SSSR count). The van der Waals surface area contributed by atoms with Gasteiger partial charge in [-0.05, 0) is 31.2 Å². The first kappa shape index (κ1) is 18.9. The van der Waals surface area contributed by atoms with Crippen LogP contribution in [-0.4, -0.2) is 25.5 Å². The highest BCUT2D eigenvalue weighted by atomic mass is 35.5. The Morgan fingerprint density at radius 2 is 1.64 bits per heavy atom. The first-order chi connectivity index (χ1) is 11.9. The van der Waals surface area contributed by atoms with Crippen molar-refractivity contribution in [2.45, 2.75) is 6.92 Å². The fourth-order valence-electron chi connectivity index (χ4n) is 1.90. The lowest BCUT2D eigenvalue weighted by Crippen LogP contribution is -2.43. The predicted octanol–water partition coefficient (Wildman–Crippen LogP) is 3.15. The molecule has 0 aromatic heterocycles. The van der Waals surface area contributed by atoms with Crippen LogP contribution < -0.4 is 20.3 Å². The van der Waals surface area contributed by atoms with Crippen LogP contribution in [0.15, 0.2) is 36.4 Å². The number of benzene rings is 2. The van der Waals surface area contributed by atoms with Crippen LogP contribution in [0.1, 0.15) is 15.9 Å². The number of nitrogens with one attached hydrogen (secondary N) is 2. The lowest BCUT2D eigenvalue weighted by molar-refractivity contribution is -0.123. The third kappa shape index (κ3) is 5.27. The van der Waals surface area contributed by atoms with Crippen LogP contribution in [0.3, 0.4) is 0 Å². The second-order valence-electron chi connectivity index (χ2n) is 5.08. The van der Waals surface area contributed by atoms with E-state index in [1.165, 1.54) is 19.2 Å². The summed E-state index contributed by atoms with van der Waals surface area (Å²) in [6.07, 6.45) is 0. The van der Waals surface area contributed by atoms with E-state index in [2.05, 4.69) is 10.9 Å². The average Bonchev–Trinajstić information content (AvgIpc) is 2.58. The fourth-order valence-corrected chi connectivity index (χ4v) is 2.55. The fraction of sp³-hybridized carbons (Fsp3) is 0.176. The zero-order valence-electron chi connectivity index (χ0n) is 13.6. The Morgan fingerprint density at radius 3 is 2.20 bits per heavy atom. The van der Waals surface area contributed by atoms with Crippen molar-refractivity contribution in [1.82, 2.24) is 10.9 Å². The number of carbonyl (C=O) groups is 2. The Kier molecular flexibility index (Phi) is 6.50. The maximum Gasteiger partial charge on any atom is 0.276 e. The van der Waals surface area contributed by atoms with E-state index in [-0.39, 0.29) is 28.0 Å². The molecule has 25 heavy (non-hydrogen) atoms. The largest absolute Gasteiger partial charge is 0.494 e. The highest BCUT2D eigenvalue weighted by Gasteiger charge is 2.14. The van der Waals surface area contributed by atoms with E-state index in [9.17, 15) is 9.59 Å². The summed E-state index contributed by atoms with van der Waals surface area (Å²) in [4.78, 5) is 23.8. The molecule has 132 valence electrons. The molecule has 0 aliphatic carbocycles. The minimum atomic E-state index is -0.574. The second kappa shape index (κ2) is 8.60. The number of hydrogen-bond donors (Lipinski definition) is 2. The standard InChI is InChI=1S/C17H16Cl2N2O4/c1-10-3-5-12(6-4-10)25-9-15(22)20-21-17(23)11-7-13(18)16(24-2)14(19)8-11/h3-8H,9H2,1-2H3,(H,20,22)(H,21,23). The molecule has 0 atom stereocenters. The second-order valence-corrected chi connectivity index (χ2v) is 5.89. The van der Waals surface area contributed by atoms with Gasteiger partial charge in [0.25, 0.3) is 11.8 Å². The van der Waals surface area contributed by atoms with Gasteiger partial charge < -0.3 is 9.47 Å². The van der Waals surface area contributed by atoms with E-state index in [4.69, 9.17) is 32.7 Å². The molecule has 8 heteroatoms. The molecule has 0 fully saturated rings. The van der Waals surface area contributed by atoms with Gasteiger partial charge in [0.1, 0.15) is 5.75 Å². The van der Waals surface area contributed by atoms with Gasteiger partial charge >= 0.3 is 0 Å². The molecule has 2 aromatic rings. The summed E-state index contributed by atoms with van der Waals surface area (Å²) >= 11 is 11.9. The molecule has 0 aliphatic heterocycles. The summed E-state index contributed by atoms with van der Waals surface area (Å²) in [5.74, 6) is -0.258. The molecule has 0 saturated heterocycles. The number of carbonyl (C=O) groups excluding carboxylic acids is 2. The lowest BCUT2D eigenvalue weighted by Gasteiger charge is -2.11. The summed E-state index contributed by atoms with van der Waals surface area (Å²) in [6.45, 7) is 1.71. The van der Waals surface area contributed by atoms with Crippen LogP contribution in [0, 0.1) is 6.92 Å². The molecular weight excluding hydrogens is 367 g/mol. The van der Waals surface area contributed by atoms with Crippen molar-refractivity contribution in [3.05, 3.63) is 57.6 Å². The number of methoxy groups -OCH3 is 1. The summed E-state index contributed by atoms with van der Waals surface area (Å²) < 4.78 is 10.3. The molecule has 2 N–H and O–H groups in total. The number of ether oxygens (including phenoxy) is 2. The minimum Gasteiger partial charge on any atom is -0.494 e. The van der Waals surface area contributed by atoms with Gasteiger partial charge in [-0.25, -0.2) is 0 Å². The molecule has 0 unspecified atom stereocenters.